The van der Waals surface area contributed by atoms with Crippen LogP contribution in [0.5, 0.6) is 0 Å². The summed E-state index contributed by atoms with van der Waals surface area (Å²) in [5.41, 5.74) is 10.6. The Hall–Kier alpha value is -8.58. The van der Waals surface area contributed by atoms with E-state index < -0.39 is 0 Å². The van der Waals surface area contributed by atoms with Crippen LogP contribution in [0.15, 0.2) is 192 Å². The van der Waals surface area contributed by atoms with E-state index in [4.69, 9.17) is 11.0 Å². The first-order chi connectivity index (χ1) is 29.7. The molecule has 278 valence electrons. The molecule has 12 aromatic rings. The second kappa shape index (κ2) is 13.0. The van der Waals surface area contributed by atoms with Crippen molar-refractivity contribution >= 4 is 99.1 Å². The van der Waals surface area contributed by atoms with E-state index >= 15 is 0 Å². The van der Waals surface area contributed by atoms with Crippen molar-refractivity contribution < 1.29 is 4.42 Å². The van der Waals surface area contributed by atoms with E-state index in [2.05, 4.69) is 158 Å². The zero-order chi connectivity index (χ0) is 39.9. The molecule has 3 heterocycles. The molecule has 6 nitrogen and oxygen atoms in total. The highest BCUT2D eigenvalue weighted by atomic mass is 16.3. The van der Waals surface area contributed by atoms with Gasteiger partial charge in [0, 0.05) is 55.4 Å². The van der Waals surface area contributed by atoms with E-state index in [1.807, 2.05) is 54.6 Å². The van der Waals surface area contributed by atoms with Crippen LogP contribution >= 0.6 is 0 Å². The van der Waals surface area contributed by atoms with Crippen molar-refractivity contribution in [3.8, 4) is 17.4 Å². The number of nitrogens with zero attached hydrogens (tertiary/aromatic N) is 5. The lowest BCUT2D eigenvalue weighted by Gasteiger charge is -2.25. The predicted octanol–water partition coefficient (Wildman–Crippen LogP) is 14.8. The van der Waals surface area contributed by atoms with Gasteiger partial charge in [0.25, 0.3) is 0 Å². The number of aromatic nitrogens is 2. The third-order valence-corrected chi connectivity index (χ3v) is 11.9. The van der Waals surface area contributed by atoms with Crippen LogP contribution in [0, 0.1) is 17.9 Å². The van der Waals surface area contributed by atoms with Crippen LogP contribution in [0.25, 0.3) is 92.5 Å². The third-order valence-electron chi connectivity index (χ3n) is 11.9. The highest BCUT2D eigenvalue weighted by Crippen LogP contribution is 2.45. The van der Waals surface area contributed by atoms with Crippen molar-refractivity contribution in [2.75, 3.05) is 4.90 Å². The lowest BCUT2D eigenvalue weighted by molar-refractivity contribution is 0.669. The smallest absolute Gasteiger partial charge is 0.212 e. The summed E-state index contributed by atoms with van der Waals surface area (Å²) in [5.74, 6) is 0. The molecule has 60 heavy (non-hydrogen) atoms. The zero-order valence-electron chi connectivity index (χ0n) is 32.0. The van der Waals surface area contributed by atoms with Crippen molar-refractivity contribution in [3.05, 3.63) is 205 Å². The highest BCUT2D eigenvalue weighted by Gasteiger charge is 2.24. The number of para-hydroxylation sites is 4. The van der Waals surface area contributed by atoms with Gasteiger partial charge in [-0.15, -0.1) is 0 Å². The van der Waals surface area contributed by atoms with E-state index in [1.54, 1.807) is 0 Å². The van der Waals surface area contributed by atoms with Gasteiger partial charge in [-0.1, -0.05) is 103 Å². The minimum absolute atomic E-state index is 0.433. The number of hydrogen-bond donors (Lipinski definition) is 0. The maximum atomic E-state index is 11.1. The fourth-order valence-corrected chi connectivity index (χ4v) is 9.33. The van der Waals surface area contributed by atoms with Gasteiger partial charge in [-0.05, 0) is 89.6 Å². The highest BCUT2D eigenvalue weighted by molar-refractivity contribution is 6.22. The molecule has 12 rings (SSSR count). The number of hydrogen-bond acceptors (Lipinski definition) is 3. The van der Waals surface area contributed by atoms with Gasteiger partial charge in [0.2, 0.25) is 5.69 Å². The average molecular weight is 766 g/mol. The average Bonchev–Trinajstić information content (AvgIpc) is 3.95. The number of benzene rings is 9. The Balaban J connectivity index is 1.13. The summed E-state index contributed by atoms with van der Waals surface area (Å²) >= 11 is 0. The largest absolute Gasteiger partial charge is 0.456 e. The summed E-state index contributed by atoms with van der Waals surface area (Å²) < 4.78 is 10.6. The number of furan rings is 1. The second-order valence-corrected chi connectivity index (χ2v) is 15.1. The topological polar surface area (TPSA) is 54.4 Å². The minimum Gasteiger partial charge on any atom is -0.456 e. The van der Waals surface area contributed by atoms with E-state index in [9.17, 15) is 5.26 Å². The quantitative estimate of drug-likeness (QED) is 0.164. The molecule has 0 radical (unpaired) electrons. The Bertz CT molecular complexity index is 3760. The Labute approximate surface area is 344 Å². The van der Waals surface area contributed by atoms with Crippen LogP contribution in [0.4, 0.5) is 22.7 Å². The summed E-state index contributed by atoms with van der Waals surface area (Å²) in [6, 6.07) is 67.0. The van der Waals surface area contributed by atoms with Crippen LogP contribution in [-0.2, 0) is 0 Å². The third kappa shape index (κ3) is 4.86. The van der Waals surface area contributed by atoms with Crippen molar-refractivity contribution in [2.24, 2.45) is 0 Å². The molecule has 9 aromatic carbocycles. The van der Waals surface area contributed by atoms with Gasteiger partial charge in [0.15, 0.2) is 0 Å². The van der Waals surface area contributed by atoms with E-state index in [1.165, 1.54) is 0 Å². The monoisotopic (exact) mass is 765 g/mol. The molecule has 0 bridgehead atoms. The number of anilines is 3. The van der Waals surface area contributed by atoms with E-state index in [0.717, 1.165) is 93.4 Å². The molecule has 0 unspecified atom stereocenters. The summed E-state index contributed by atoms with van der Waals surface area (Å²) in [5, 5.41) is 19.6. The normalized spacial score (nSPS) is 11.6. The van der Waals surface area contributed by atoms with Crippen LogP contribution in [0.3, 0.4) is 0 Å². The Morgan fingerprint density at radius 2 is 1.12 bits per heavy atom. The number of rotatable bonds is 5. The van der Waals surface area contributed by atoms with Gasteiger partial charge in [-0.25, -0.2) is 4.85 Å². The summed E-state index contributed by atoms with van der Waals surface area (Å²) in [6.45, 7) is 8.63. The van der Waals surface area contributed by atoms with Gasteiger partial charge in [0.1, 0.15) is 17.2 Å². The predicted molar refractivity (Wildman–Crippen MR) is 246 cm³/mol. The van der Waals surface area contributed by atoms with Crippen molar-refractivity contribution in [1.29, 1.82) is 5.26 Å². The summed E-state index contributed by atoms with van der Waals surface area (Å²) in [4.78, 5) is 6.44. The molecular formula is C54H31N5O. The first kappa shape index (κ1) is 33.5. The van der Waals surface area contributed by atoms with Gasteiger partial charge >= 0.3 is 0 Å². The SMILES string of the molecule is [C-]#[N+]c1cc(-n2c3ccc(N(c4ccccc4)c4ccccc4)cc3c3c4ccccc4ccc32)c(C#N)cc1-n1c2ccccc2c2cc3c(cc21)oc1ccccc13. The molecule has 0 amide bonds. The Morgan fingerprint density at radius 1 is 0.467 bits per heavy atom. The van der Waals surface area contributed by atoms with Crippen molar-refractivity contribution in [1.82, 2.24) is 9.13 Å². The molecule has 0 atom stereocenters. The maximum Gasteiger partial charge on any atom is 0.212 e. The second-order valence-electron chi connectivity index (χ2n) is 15.1. The molecule has 0 aliphatic carbocycles. The van der Waals surface area contributed by atoms with E-state index in [-0.39, 0.29) is 0 Å². The van der Waals surface area contributed by atoms with Crippen molar-refractivity contribution in [3.63, 3.8) is 0 Å². The molecule has 0 fully saturated rings. The first-order valence-corrected chi connectivity index (χ1v) is 19.9. The molecule has 0 aliphatic heterocycles. The molecule has 0 saturated heterocycles. The molecule has 0 N–H and O–H groups in total. The maximum absolute atomic E-state index is 11.1. The van der Waals surface area contributed by atoms with Gasteiger partial charge in [0.05, 0.1) is 45.6 Å². The van der Waals surface area contributed by atoms with Gasteiger partial charge in [-0.3, -0.25) is 0 Å². The molecule has 0 aliphatic rings. The summed E-state index contributed by atoms with van der Waals surface area (Å²) in [6.07, 6.45) is 0. The van der Waals surface area contributed by atoms with Gasteiger partial charge in [-0.2, -0.15) is 5.26 Å². The van der Waals surface area contributed by atoms with Crippen LogP contribution in [0.2, 0.25) is 0 Å². The first-order valence-electron chi connectivity index (χ1n) is 19.9. The molecule has 0 saturated carbocycles. The standard InChI is InChI=1S/C54H31N5O/c1-56-45-31-49(35(33-55)28-51(45)59-46-22-12-10-20-40(46)42-30-43-41-21-11-13-23-52(41)60-53(43)32-50(42)59)58-47-27-25-38(57(36-15-4-2-5-16-36)37-17-6-3-7-18-37)29-44(47)54-39-19-9-8-14-34(39)24-26-48(54)58/h2-32H. The van der Waals surface area contributed by atoms with Crippen LogP contribution in [-0.4, -0.2) is 9.13 Å². The van der Waals surface area contributed by atoms with Crippen molar-refractivity contribution in [2.45, 2.75) is 0 Å². The fraction of sp³-hybridized carbons (Fsp3) is 0. The lowest BCUT2D eigenvalue weighted by Crippen LogP contribution is -2.09. The van der Waals surface area contributed by atoms with Crippen LogP contribution < -0.4 is 4.90 Å². The molecule has 3 aromatic heterocycles. The fourth-order valence-electron chi connectivity index (χ4n) is 9.33. The number of fused-ring (bicyclic) bond motifs is 11. The van der Waals surface area contributed by atoms with Gasteiger partial charge < -0.3 is 18.5 Å². The minimum atomic E-state index is 0.433. The summed E-state index contributed by atoms with van der Waals surface area (Å²) in [7, 11) is 0. The van der Waals surface area contributed by atoms with Crippen LogP contribution in [0.1, 0.15) is 5.56 Å². The molecule has 6 heteroatoms. The zero-order valence-corrected chi connectivity index (χ0v) is 32.0. The molecular weight excluding hydrogens is 735 g/mol. The molecule has 0 spiro atoms. The lowest BCUT2D eigenvalue weighted by atomic mass is 10.0. The van der Waals surface area contributed by atoms with E-state index in [0.29, 0.717) is 22.6 Å². The Morgan fingerprint density at radius 3 is 1.88 bits per heavy atom. The number of nitriles is 1. The Kier molecular flexibility index (Phi) is 7.26.